The quantitative estimate of drug-likeness (QED) is 0.530. The normalized spacial score (nSPS) is 11.9. The summed E-state index contributed by atoms with van der Waals surface area (Å²) < 4.78 is 30.1. The number of aliphatic hydroxyl groups excluding tert-OH is 1. The molecule has 2 N–H and O–H groups in total. The van der Waals surface area contributed by atoms with Crippen molar-refractivity contribution in [3.8, 4) is 0 Å². The Labute approximate surface area is 91.9 Å². The number of sulfonamides is 1. The molecule has 0 aromatic carbocycles. The molecule has 0 aliphatic rings. The van der Waals surface area contributed by atoms with Gasteiger partial charge in [0.15, 0.2) is 0 Å². The molecule has 0 aromatic heterocycles. The second-order valence-corrected chi connectivity index (χ2v) is 5.18. The van der Waals surface area contributed by atoms with Crippen molar-refractivity contribution in [3.63, 3.8) is 0 Å². The van der Waals surface area contributed by atoms with E-state index < -0.39 is 10.0 Å². The van der Waals surface area contributed by atoms with Gasteiger partial charge < -0.3 is 9.84 Å². The fourth-order valence-corrected chi connectivity index (χ4v) is 2.24. The fourth-order valence-electron chi connectivity index (χ4n) is 0.975. The largest absolute Gasteiger partial charge is 0.394 e. The molecule has 0 aliphatic heterocycles. The topological polar surface area (TPSA) is 75.6 Å². The van der Waals surface area contributed by atoms with Crippen molar-refractivity contribution in [3.05, 3.63) is 0 Å². The Hall–Kier alpha value is -0.170. The first kappa shape index (κ1) is 14.8. The van der Waals surface area contributed by atoms with Crippen LogP contribution in [0.5, 0.6) is 0 Å². The van der Waals surface area contributed by atoms with Crippen LogP contribution in [0, 0.1) is 0 Å². The Morgan fingerprint density at radius 2 is 2.00 bits per heavy atom. The minimum atomic E-state index is -3.09. The number of aliphatic hydroxyl groups is 1. The second kappa shape index (κ2) is 9.08. The van der Waals surface area contributed by atoms with Crippen LogP contribution in [-0.4, -0.2) is 45.6 Å². The predicted molar refractivity (Wildman–Crippen MR) is 59.2 cm³/mol. The molecular weight excluding hydrogens is 218 g/mol. The minimum absolute atomic E-state index is 0.00221. The van der Waals surface area contributed by atoms with Crippen molar-refractivity contribution in [2.45, 2.75) is 26.2 Å². The molecule has 0 saturated carbocycles. The average Bonchev–Trinajstić information content (AvgIpc) is 2.20. The van der Waals surface area contributed by atoms with Gasteiger partial charge in [-0.05, 0) is 12.8 Å². The zero-order valence-electron chi connectivity index (χ0n) is 9.24. The molecule has 0 bridgehead atoms. The molecule has 0 atom stereocenters. The lowest BCUT2D eigenvalue weighted by Gasteiger charge is -2.06. The van der Waals surface area contributed by atoms with Gasteiger partial charge in [-0.25, -0.2) is 13.1 Å². The van der Waals surface area contributed by atoms with E-state index in [0.29, 0.717) is 32.6 Å². The van der Waals surface area contributed by atoms with E-state index in [2.05, 4.69) is 4.72 Å². The standard InChI is InChI=1S/C9H21NO4S/c1-2-3-9-15(12,13)10-5-4-7-14-8-6-11/h10-11H,2-9H2,1H3. The van der Waals surface area contributed by atoms with Crippen LogP contribution >= 0.6 is 0 Å². The van der Waals surface area contributed by atoms with Crippen molar-refractivity contribution in [1.82, 2.24) is 4.72 Å². The van der Waals surface area contributed by atoms with Crippen LogP contribution in [0.1, 0.15) is 26.2 Å². The maximum atomic E-state index is 11.3. The summed E-state index contributed by atoms with van der Waals surface area (Å²) in [5, 5.41) is 8.41. The summed E-state index contributed by atoms with van der Waals surface area (Å²) >= 11 is 0. The highest BCUT2D eigenvalue weighted by molar-refractivity contribution is 7.89. The number of hydrogen-bond donors (Lipinski definition) is 2. The molecule has 0 saturated heterocycles. The monoisotopic (exact) mass is 239 g/mol. The van der Waals surface area contributed by atoms with Crippen molar-refractivity contribution in [2.24, 2.45) is 0 Å². The van der Waals surface area contributed by atoms with Crippen molar-refractivity contribution in [2.75, 3.05) is 32.1 Å². The summed E-state index contributed by atoms with van der Waals surface area (Å²) in [6.45, 7) is 3.14. The highest BCUT2D eigenvalue weighted by Gasteiger charge is 2.07. The van der Waals surface area contributed by atoms with E-state index in [-0.39, 0.29) is 12.4 Å². The molecule has 0 unspecified atom stereocenters. The van der Waals surface area contributed by atoms with E-state index in [9.17, 15) is 8.42 Å². The van der Waals surface area contributed by atoms with Crippen molar-refractivity contribution < 1.29 is 18.3 Å². The molecule has 0 amide bonds. The Morgan fingerprint density at radius 1 is 1.27 bits per heavy atom. The summed E-state index contributed by atoms with van der Waals surface area (Å²) in [5.74, 6) is 0.195. The molecule has 15 heavy (non-hydrogen) atoms. The lowest BCUT2D eigenvalue weighted by Crippen LogP contribution is -2.28. The third kappa shape index (κ3) is 10.1. The molecule has 0 rings (SSSR count). The van der Waals surface area contributed by atoms with Gasteiger partial charge in [-0.2, -0.15) is 0 Å². The van der Waals surface area contributed by atoms with Gasteiger partial charge in [0.1, 0.15) is 0 Å². The highest BCUT2D eigenvalue weighted by Crippen LogP contribution is 1.93. The van der Waals surface area contributed by atoms with Gasteiger partial charge in [-0.3, -0.25) is 0 Å². The fraction of sp³-hybridized carbons (Fsp3) is 1.00. The molecule has 0 spiro atoms. The van der Waals surface area contributed by atoms with E-state index >= 15 is 0 Å². The Bertz CT molecular complexity index is 228. The van der Waals surface area contributed by atoms with E-state index in [4.69, 9.17) is 9.84 Å². The SMILES string of the molecule is CCCCS(=O)(=O)NCCCOCCO. The summed E-state index contributed by atoms with van der Waals surface area (Å²) in [5.41, 5.74) is 0. The van der Waals surface area contributed by atoms with Crippen molar-refractivity contribution >= 4 is 10.0 Å². The third-order valence-corrected chi connectivity index (χ3v) is 3.26. The third-order valence-electron chi connectivity index (χ3n) is 1.79. The first-order valence-corrected chi connectivity index (χ1v) is 6.93. The lowest BCUT2D eigenvalue weighted by molar-refractivity contribution is 0.0913. The number of ether oxygens (including phenoxy) is 1. The predicted octanol–water partition coefficient (Wildman–Crippen LogP) is 0.105. The Kier molecular flexibility index (Phi) is 8.98. The van der Waals surface area contributed by atoms with E-state index in [1.54, 1.807) is 0 Å². The van der Waals surface area contributed by atoms with Gasteiger partial charge in [0.25, 0.3) is 0 Å². The molecule has 0 fully saturated rings. The van der Waals surface area contributed by atoms with Crippen LogP contribution < -0.4 is 4.72 Å². The number of rotatable bonds is 10. The van der Waals surface area contributed by atoms with Crippen LogP contribution in [0.3, 0.4) is 0 Å². The number of nitrogens with one attached hydrogen (secondary N) is 1. The average molecular weight is 239 g/mol. The smallest absolute Gasteiger partial charge is 0.211 e. The maximum absolute atomic E-state index is 11.3. The molecule has 5 nitrogen and oxygen atoms in total. The number of hydrogen-bond acceptors (Lipinski definition) is 4. The molecule has 0 radical (unpaired) electrons. The van der Waals surface area contributed by atoms with Gasteiger partial charge in [-0.15, -0.1) is 0 Å². The molecule has 0 aromatic rings. The molecule has 0 aliphatic carbocycles. The zero-order chi connectivity index (χ0) is 11.6. The maximum Gasteiger partial charge on any atom is 0.211 e. The first-order valence-electron chi connectivity index (χ1n) is 5.28. The molecular formula is C9H21NO4S. The van der Waals surface area contributed by atoms with E-state index in [0.717, 1.165) is 6.42 Å². The van der Waals surface area contributed by atoms with Crippen molar-refractivity contribution in [1.29, 1.82) is 0 Å². The minimum Gasteiger partial charge on any atom is -0.394 e. The van der Waals surface area contributed by atoms with Gasteiger partial charge in [0.05, 0.1) is 19.0 Å². The molecule has 0 heterocycles. The Morgan fingerprint density at radius 3 is 2.60 bits per heavy atom. The van der Waals surface area contributed by atoms with Gasteiger partial charge in [0.2, 0.25) is 10.0 Å². The van der Waals surface area contributed by atoms with Crippen LogP contribution in [0.15, 0.2) is 0 Å². The first-order chi connectivity index (χ1) is 7.12. The molecule has 92 valence electrons. The summed E-state index contributed by atoms with van der Waals surface area (Å²) in [4.78, 5) is 0. The van der Waals surface area contributed by atoms with Crippen LogP contribution in [-0.2, 0) is 14.8 Å². The van der Waals surface area contributed by atoms with E-state index in [1.165, 1.54) is 0 Å². The Balaban J connectivity index is 3.41. The van der Waals surface area contributed by atoms with E-state index in [1.807, 2.05) is 6.92 Å². The molecule has 6 heteroatoms. The zero-order valence-corrected chi connectivity index (χ0v) is 10.1. The lowest BCUT2D eigenvalue weighted by atomic mass is 10.4. The van der Waals surface area contributed by atoms with Gasteiger partial charge in [-0.1, -0.05) is 13.3 Å². The highest BCUT2D eigenvalue weighted by atomic mass is 32.2. The van der Waals surface area contributed by atoms with Gasteiger partial charge >= 0.3 is 0 Å². The van der Waals surface area contributed by atoms with Gasteiger partial charge in [0, 0.05) is 13.2 Å². The number of unbranched alkanes of at least 4 members (excludes halogenated alkanes) is 1. The second-order valence-electron chi connectivity index (χ2n) is 3.26. The van der Waals surface area contributed by atoms with Crippen LogP contribution in [0.2, 0.25) is 0 Å². The summed E-state index contributed by atoms with van der Waals surface area (Å²) in [7, 11) is -3.09. The van der Waals surface area contributed by atoms with Crippen LogP contribution in [0.25, 0.3) is 0 Å². The summed E-state index contributed by atoms with van der Waals surface area (Å²) in [6, 6.07) is 0. The van der Waals surface area contributed by atoms with Crippen LogP contribution in [0.4, 0.5) is 0 Å². The summed E-state index contributed by atoms with van der Waals surface area (Å²) in [6.07, 6.45) is 2.20.